The van der Waals surface area contributed by atoms with E-state index in [1.165, 1.54) is 82.9 Å². The zero-order valence-electron chi connectivity index (χ0n) is 31.7. The van der Waals surface area contributed by atoms with Crippen molar-refractivity contribution in [2.75, 3.05) is 19.0 Å². The van der Waals surface area contributed by atoms with Gasteiger partial charge >= 0.3 is 0 Å². The molecule has 13 atom stereocenters. The van der Waals surface area contributed by atoms with Crippen molar-refractivity contribution in [2.24, 2.45) is 46.3 Å². The Labute approximate surface area is 302 Å². The second kappa shape index (κ2) is 17.5. The third kappa shape index (κ3) is 8.95. The maximum Gasteiger partial charge on any atom is 0.217 e. The summed E-state index contributed by atoms with van der Waals surface area (Å²) < 4.78 is 12.3. The molecule has 1 saturated heterocycles. The maximum absolute atomic E-state index is 11.7. The molecule has 0 spiro atoms. The molecule has 0 aromatic heterocycles. The minimum Gasteiger partial charge on any atom is -0.394 e. The van der Waals surface area contributed by atoms with E-state index in [2.05, 4.69) is 46.0 Å². The fourth-order valence-corrected chi connectivity index (χ4v) is 12.7. The van der Waals surface area contributed by atoms with E-state index in [1.807, 2.05) is 0 Å². The van der Waals surface area contributed by atoms with Gasteiger partial charge in [0.25, 0.3) is 0 Å². The summed E-state index contributed by atoms with van der Waals surface area (Å²) in [6.07, 6.45) is 18.9. The van der Waals surface area contributed by atoms with Crippen molar-refractivity contribution in [1.29, 1.82) is 0 Å². The van der Waals surface area contributed by atoms with Crippen LogP contribution < -0.4 is 5.32 Å². The molecule has 0 aromatic rings. The minimum atomic E-state index is -1.23. The standard InChI is InChI=1S/C41H71NO6S/c1-26(2)12-11-13-27(3)32-16-17-33-31-15-14-29-24-30(18-20-40(29,5)34(31)19-21-41(32,33)6)47-22-9-7-8-10-23-49-39-36(42-28(4)44)38(46)37(45)35(25-43)48-39/h14,26-27,30-39,43,45-46H,7-13,15-25H2,1-6H3,(H,42,44)/t27-,30+,31?,32-,33?,34?,35-,36-,37+,38-,39+,40+,41-/m1/s1. The van der Waals surface area contributed by atoms with Crippen LogP contribution in [0.1, 0.15) is 138 Å². The molecule has 0 aromatic carbocycles. The van der Waals surface area contributed by atoms with Gasteiger partial charge in [-0.2, -0.15) is 0 Å². The topological polar surface area (TPSA) is 108 Å². The Bertz CT molecular complexity index is 1100. The van der Waals surface area contributed by atoms with Crippen LogP contribution in [0, 0.1) is 46.3 Å². The summed E-state index contributed by atoms with van der Waals surface area (Å²) in [6.45, 7) is 14.5. The Morgan fingerprint density at radius 1 is 1.00 bits per heavy atom. The van der Waals surface area contributed by atoms with Crippen molar-refractivity contribution < 1.29 is 29.6 Å². The Kier molecular flexibility index (Phi) is 14.1. The third-order valence-electron chi connectivity index (χ3n) is 14.2. The van der Waals surface area contributed by atoms with Crippen LogP contribution in [0.5, 0.6) is 0 Å². The first-order valence-corrected chi connectivity index (χ1v) is 21.3. The number of amides is 1. The number of hydrogen-bond acceptors (Lipinski definition) is 7. The quantitative estimate of drug-likeness (QED) is 0.0966. The lowest BCUT2D eigenvalue weighted by Gasteiger charge is -2.58. The number of hydrogen-bond donors (Lipinski definition) is 4. The second-order valence-corrected chi connectivity index (χ2v) is 18.9. The smallest absolute Gasteiger partial charge is 0.217 e. The number of ether oxygens (including phenoxy) is 2. The van der Waals surface area contributed by atoms with Crippen molar-refractivity contribution in [3.63, 3.8) is 0 Å². The largest absolute Gasteiger partial charge is 0.394 e. The van der Waals surface area contributed by atoms with Crippen LogP contribution in [-0.2, 0) is 14.3 Å². The van der Waals surface area contributed by atoms with Crippen LogP contribution in [0.25, 0.3) is 0 Å². The number of aliphatic hydroxyl groups is 3. The molecule has 49 heavy (non-hydrogen) atoms. The molecule has 0 radical (unpaired) electrons. The summed E-state index contributed by atoms with van der Waals surface area (Å²) in [5.74, 6) is 5.80. The van der Waals surface area contributed by atoms with Gasteiger partial charge < -0.3 is 30.1 Å². The molecule has 7 nitrogen and oxygen atoms in total. The summed E-state index contributed by atoms with van der Waals surface area (Å²) in [4.78, 5) is 11.7. The van der Waals surface area contributed by atoms with Crippen molar-refractivity contribution in [2.45, 2.75) is 174 Å². The molecule has 3 saturated carbocycles. The van der Waals surface area contributed by atoms with Gasteiger partial charge in [-0.05, 0) is 116 Å². The van der Waals surface area contributed by atoms with E-state index in [4.69, 9.17) is 9.47 Å². The predicted molar refractivity (Wildman–Crippen MR) is 199 cm³/mol. The zero-order valence-corrected chi connectivity index (χ0v) is 32.5. The first-order valence-electron chi connectivity index (χ1n) is 20.2. The summed E-state index contributed by atoms with van der Waals surface area (Å²) >= 11 is 1.53. The summed E-state index contributed by atoms with van der Waals surface area (Å²) in [5, 5.41) is 33.0. The average molecular weight is 706 g/mol. The molecule has 8 heteroatoms. The van der Waals surface area contributed by atoms with Crippen molar-refractivity contribution >= 4 is 17.7 Å². The van der Waals surface area contributed by atoms with Crippen molar-refractivity contribution in [3.8, 4) is 0 Å². The molecule has 3 unspecified atom stereocenters. The van der Waals surface area contributed by atoms with E-state index in [0.29, 0.717) is 16.9 Å². The highest BCUT2D eigenvalue weighted by Crippen LogP contribution is 2.67. The number of carbonyl (C=O) groups excluding carboxylic acids is 1. The lowest BCUT2D eigenvalue weighted by molar-refractivity contribution is -0.173. The first kappa shape index (κ1) is 39.6. The van der Waals surface area contributed by atoms with Gasteiger partial charge in [-0.1, -0.05) is 78.4 Å². The number of fused-ring (bicyclic) bond motifs is 5. The normalized spacial score (nSPS) is 41.1. The molecular weight excluding hydrogens is 635 g/mol. The van der Waals surface area contributed by atoms with Gasteiger partial charge in [0.15, 0.2) is 0 Å². The number of nitrogens with one attached hydrogen (secondary N) is 1. The Balaban J connectivity index is 1.02. The van der Waals surface area contributed by atoms with Gasteiger partial charge in [0.2, 0.25) is 5.91 Å². The molecule has 1 amide bonds. The highest BCUT2D eigenvalue weighted by molar-refractivity contribution is 7.99. The van der Waals surface area contributed by atoms with Gasteiger partial charge in [0, 0.05) is 13.5 Å². The SMILES string of the molecule is CC(=O)N[C@@H]1[C@@H](O)[C@@H](O)[C@@H](CO)O[C@H]1SCCCCCCO[C@H]1CC[C@@]2(C)C(=CCC3C2CC[C@@]2(C)C3CC[C@@H]2[C@H](C)CCCC(C)C)C1. The van der Waals surface area contributed by atoms with Crippen LogP contribution >= 0.6 is 11.8 Å². The molecule has 4 aliphatic carbocycles. The van der Waals surface area contributed by atoms with Crippen LogP contribution in [0.15, 0.2) is 11.6 Å². The monoisotopic (exact) mass is 706 g/mol. The molecular formula is C41H71NO6S. The molecule has 1 heterocycles. The van der Waals surface area contributed by atoms with E-state index in [1.54, 1.807) is 5.57 Å². The number of rotatable bonds is 16. The minimum absolute atomic E-state index is 0.281. The van der Waals surface area contributed by atoms with Crippen molar-refractivity contribution in [3.05, 3.63) is 11.6 Å². The fraction of sp³-hybridized carbons (Fsp3) is 0.927. The molecule has 4 fully saturated rings. The number of thioether (sulfide) groups is 1. The van der Waals surface area contributed by atoms with Crippen LogP contribution in [0.3, 0.4) is 0 Å². The summed E-state index contributed by atoms with van der Waals surface area (Å²) in [6, 6.07) is -0.706. The number of aliphatic hydroxyl groups excluding tert-OH is 3. The summed E-state index contributed by atoms with van der Waals surface area (Å²) in [5.41, 5.74) is 2.12. The first-order chi connectivity index (χ1) is 23.4. The Morgan fingerprint density at radius 2 is 1.78 bits per heavy atom. The van der Waals surface area contributed by atoms with Gasteiger partial charge in [-0.3, -0.25) is 4.79 Å². The predicted octanol–water partition coefficient (Wildman–Crippen LogP) is 7.65. The van der Waals surface area contributed by atoms with Gasteiger partial charge in [0.1, 0.15) is 23.7 Å². The third-order valence-corrected chi connectivity index (χ3v) is 15.4. The number of allylic oxidation sites excluding steroid dienone is 1. The van der Waals surface area contributed by atoms with Gasteiger partial charge in [0.05, 0.1) is 18.8 Å². The molecule has 0 bridgehead atoms. The lowest BCUT2D eigenvalue weighted by atomic mass is 9.47. The van der Waals surface area contributed by atoms with E-state index in [0.717, 1.165) is 80.0 Å². The molecule has 4 N–H and O–H groups in total. The van der Waals surface area contributed by atoms with Crippen LogP contribution in [0.4, 0.5) is 0 Å². The zero-order chi connectivity index (χ0) is 35.3. The van der Waals surface area contributed by atoms with Crippen molar-refractivity contribution in [1.82, 2.24) is 5.32 Å². The highest BCUT2D eigenvalue weighted by Gasteiger charge is 2.59. The highest BCUT2D eigenvalue weighted by atomic mass is 32.2. The van der Waals surface area contributed by atoms with Gasteiger partial charge in [-0.25, -0.2) is 0 Å². The average Bonchev–Trinajstić information content (AvgIpc) is 3.42. The van der Waals surface area contributed by atoms with E-state index < -0.39 is 29.8 Å². The van der Waals surface area contributed by atoms with Gasteiger partial charge in [-0.15, -0.1) is 11.8 Å². The van der Waals surface area contributed by atoms with Crippen LogP contribution in [0.2, 0.25) is 0 Å². The number of unbranched alkanes of at least 4 members (excludes halogenated alkanes) is 3. The van der Waals surface area contributed by atoms with E-state index in [-0.39, 0.29) is 12.5 Å². The summed E-state index contributed by atoms with van der Waals surface area (Å²) in [7, 11) is 0. The molecule has 5 aliphatic rings. The fourth-order valence-electron chi connectivity index (χ4n) is 11.4. The molecule has 282 valence electrons. The lowest BCUT2D eigenvalue weighted by Crippen LogP contribution is -2.63. The number of carbonyl (C=O) groups is 1. The van der Waals surface area contributed by atoms with E-state index in [9.17, 15) is 20.1 Å². The van der Waals surface area contributed by atoms with Crippen LogP contribution in [-0.4, -0.2) is 76.1 Å². The Hall–Kier alpha value is -0.640. The second-order valence-electron chi connectivity index (χ2n) is 17.7. The molecule has 1 aliphatic heterocycles. The molecule has 5 rings (SSSR count). The Morgan fingerprint density at radius 3 is 2.51 bits per heavy atom. The maximum atomic E-state index is 11.7. The van der Waals surface area contributed by atoms with E-state index >= 15 is 0 Å².